The van der Waals surface area contributed by atoms with Gasteiger partial charge in [0.15, 0.2) is 11.5 Å². The first-order chi connectivity index (χ1) is 23.6. The summed E-state index contributed by atoms with van der Waals surface area (Å²) in [7, 11) is 6.73. The predicted molar refractivity (Wildman–Crippen MR) is 193 cm³/mol. The number of unbranched alkanes of at least 4 members (excludes halogenated alkanes) is 2. The van der Waals surface area contributed by atoms with Crippen LogP contribution < -0.4 is 35.6 Å². The normalized spacial score (nSPS) is 13.7. The summed E-state index contributed by atoms with van der Waals surface area (Å²) in [4.78, 5) is 43.1. The second-order valence-corrected chi connectivity index (χ2v) is 12.8. The summed E-state index contributed by atoms with van der Waals surface area (Å²) in [6.07, 6.45) is 3.94. The minimum absolute atomic E-state index is 0.0376. The minimum atomic E-state index is -0.371. The third kappa shape index (κ3) is 7.66. The van der Waals surface area contributed by atoms with Gasteiger partial charge in [0.1, 0.15) is 5.82 Å². The zero-order chi connectivity index (χ0) is 35.2. The van der Waals surface area contributed by atoms with Gasteiger partial charge in [-0.15, -0.1) is 0 Å². The number of imidazole rings is 1. The van der Waals surface area contributed by atoms with Crippen molar-refractivity contribution in [3.05, 3.63) is 69.6 Å². The predicted octanol–water partition coefficient (Wildman–Crippen LogP) is 6.48. The van der Waals surface area contributed by atoms with Crippen LogP contribution in [-0.2, 0) is 23.1 Å². The first-order valence-corrected chi connectivity index (χ1v) is 16.8. The Hall–Kier alpha value is -5.06. The molecule has 1 atom stereocenters. The zero-order valence-electron chi connectivity index (χ0n) is 29.5. The zero-order valence-corrected chi connectivity index (χ0v) is 29.5. The van der Waals surface area contributed by atoms with E-state index in [1.165, 1.54) is 6.92 Å². The van der Waals surface area contributed by atoms with E-state index in [-0.39, 0.29) is 23.3 Å². The Kier molecular flexibility index (Phi) is 11.1. The Balaban J connectivity index is 1.25. The molecule has 1 aliphatic carbocycles. The van der Waals surface area contributed by atoms with Crippen molar-refractivity contribution in [2.75, 3.05) is 38.5 Å². The van der Waals surface area contributed by atoms with Gasteiger partial charge >= 0.3 is 0 Å². The Labute approximate surface area is 287 Å². The number of rotatable bonds is 13. The van der Waals surface area contributed by atoms with Crippen LogP contribution in [0.15, 0.2) is 47.3 Å². The highest BCUT2D eigenvalue weighted by molar-refractivity contribution is 5.93. The molecule has 0 aliphatic heterocycles. The summed E-state index contributed by atoms with van der Waals surface area (Å²) in [6, 6.07) is 12.7. The van der Waals surface area contributed by atoms with Crippen molar-refractivity contribution >= 4 is 34.2 Å². The van der Waals surface area contributed by atoms with Crippen LogP contribution in [0.5, 0.6) is 17.2 Å². The third-order valence-electron chi connectivity index (χ3n) is 9.03. The highest BCUT2D eigenvalue weighted by atomic mass is 16.5. The summed E-state index contributed by atoms with van der Waals surface area (Å²) in [5.74, 6) is 2.63. The van der Waals surface area contributed by atoms with Gasteiger partial charge in [-0.2, -0.15) is 0 Å². The summed E-state index contributed by atoms with van der Waals surface area (Å²) >= 11 is 0. The monoisotopic (exact) mass is 669 g/mol. The largest absolute Gasteiger partial charge is 0.493 e. The lowest BCUT2D eigenvalue weighted by molar-refractivity contribution is -0.119. The fourth-order valence-corrected chi connectivity index (χ4v) is 6.70. The fourth-order valence-electron chi connectivity index (χ4n) is 6.70. The molecule has 1 aliphatic rings. The molecule has 5 rings (SSSR count). The topological polar surface area (TPSA) is 133 Å². The van der Waals surface area contributed by atoms with Crippen molar-refractivity contribution in [2.45, 2.75) is 71.3 Å². The van der Waals surface area contributed by atoms with Crippen LogP contribution in [-0.4, -0.2) is 49.2 Å². The van der Waals surface area contributed by atoms with Crippen molar-refractivity contribution in [1.82, 2.24) is 14.9 Å². The summed E-state index contributed by atoms with van der Waals surface area (Å²) in [5.41, 5.74) is 6.20. The van der Waals surface area contributed by atoms with Crippen molar-refractivity contribution in [1.29, 1.82) is 0 Å². The molecule has 0 radical (unpaired) electrons. The van der Waals surface area contributed by atoms with E-state index in [2.05, 4.69) is 34.4 Å². The van der Waals surface area contributed by atoms with Gasteiger partial charge in [0.25, 0.3) is 0 Å². The van der Waals surface area contributed by atoms with E-state index in [4.69, 9.17) is 19.2 Å². The molecule has 3 aromatic carbocycles. The average Bonchev–Trinajstić information content (AvgIpc) is 3.22. The van der Waals surface area contributed by atoms with E-state index >= 15 is 0 Å². The van der Waals surface area contributed by atoms with E-state index in [0.717, 1.165) is 58.5 Å². The lowest BCUT2D eigenvalue weighted by atomic mass is 9.95. The number of nitrogens with zero attached hydrogens (tertiary/aromatic N) is 2. The second kappa shape index (κ2) is 15.4. The van der Waals surface area contributed by atoms with Gasteiger partial charge in [-0.1, -0.05) is 26.3 Å². The number of fused-ring (bicyclic) bond motifs is 4. The number of carbonyl (C=O) groups excluding carboxylic acids is 2. The van der Waals surface area contributed by atoms with Crippen molar-refractivity contribution in [2.24, 2.45) is 7.05 Å². The highest BCUT2D eigenvalue weighted by Gasteiger charge is 2.29. The molecular formula is C38H47N5O6. The van der Waals surface area contributed by atoms with Crippen LogP contribution in [0, 0.1) is 0 Å². The minimum Gasteiger partial charge on any atom is -0.493 e. The summed E-state index contributed by atoms with van der Waals surface area (Å²) in [6.45, 7) is 6.28. The molecule has 0 fully saturated rings. The number of aromatic nitrogens is 2. The molecule has 2 amide bonds. The average molecular weight is 670 g/mol. The number of benzene rings is 2. The number of methoxy groups -OCH3 is 3. The van der Waals surface area contributed by atoms with Crippen molar-refractivity contribution in [3.63, 3.8) is 0 Å². The fraction of sp³-hybridized carbons (Fsp3) is 0.421. The van der Waals surface area contributed by atoms with Gasteiger partial charge in [-0.3, -0.25) is 14.4 Å². The van der Waals surface area contributed by atoms with Crippen LogP contribution in [0.25, 0.3) is 22.2 Å². The van der Waals surface area contributed by atoms with E-state index < -0.39 is 0 Å². The Morgan fingerprint density at radius 3 is 2.45 bits per heavy atom. The molecule has 0 saturated carbocycles. The summed E-state index contributed by atoms with van der Waals surface area (Å²) < 4.78 is 19.2. The number of aryl methyl sites for hydroxylation is 2. The standard InChI is InChI=1S/C38H47N5O6/c1-22(2)38-42-30-20-25(13-17-31(30)43(38)4)41-34(46)11-9-8-10-18-39-29-16-14-26-27(21-32(29)45)28(40-23(3)44)15-12-24-19-33(47-5)36(48-6)37(49-7)35(24)26/h13-14,16-17,19-22,28H,8-12,15,18H2,1-7H3,(H,39,45)(H,40,44)(H,41,46). The third-order valence-corrected chi connectivity index (χ3v) is 9.03. The van der Waals surface area contributed by atoms with Gasteiger partial charge in [-0.05, 0) is 78.8 Å². The number of carbonyl (C=O) groups is 2. The SMILES string of the molecule is COc1cc2c(c(OC)c1OC)-c1ccc(NCCCCCC(=O)Nc3ccc4c(c3)nc(C(C)C)n4C)c(=O)cc1C(NC(C)=O)CC2. The van der Waals surface area contributed by atoms with Crippen LogP contribution >= 0.6 is 0 Å². The Bertz CT molecular complexity index is 1920. The molecule has 0 bridgehead atoms. The quantitative estimate of drug-likeness (QED) is 0.138. The van der Waals surface area contributed by atoms with Gasteiger partial charge in [0.2, 0.25) is 23.0 Å². The van der Waals surface area contributed by atoms with Crippen LogP contribution in [0.1, 0.15) is 81.8 Å². The molecule has 1 heterocycles. The maximum Gasteiger partial charge on any atom is 0.224 e. The van der Waals surface area contributed by atoms with Gasteiger partial charge in [0, 0.05) is 44.1 Å². The smallest absolute Gasteiger partial charge is 0.224 e. The molecule has 0 spiro atoms. The van der Waals surface area contributed by atoms with Gasteiger partial charge in [-0.25, -0.2) is 4.98 Å². The lowest BCUT2D eigenvalue weighted by Gasteiger charge is -2.19. The molecular weight excluding hydrogens is 622 g/mol. The van der Waals surface area contributed by atoms with Crippen LogP contribution in [0.4, 0.5) is 11.4 Å². The van der Waals surface area contributed by atoms with E-state index in [1.54, 1.807) is 33.5 Å². The van der Waals surface area contributed by atoms with Crippen molar-refractivity contribution in [3.8, 4) is 28.4 Å². The molecule has 0 saturated heterocycles. The van der Waals surface area contributed by atoms with Gasteiger partial charge in [0.05, 0.1) is 44.1 Å². The van der Waals surface area contributed by atoms with Gasteiger partial charge < -0.3 is 34.7 Å². The highest BCUT2D eigenvalue weighted by Crippen LogP contribution is 2.50. The number of anilines is 2. The molecule has 11 heteroatoms. The first-order valence-electron chi connectivity index (χ1n) is 16.8. The van der Waals surface area contributed by atoms with E-state index in [1.807, 2.05) is 37.4 Å². The molecule has 260 valence electrons. The number of amides is 2. The number of ether oxygens (including phenoxy) is 3. The number of nitrogens with one attached hydrogen (secondary N) is 3. The number of hydrogen-bond acceptors (Lipinski definition) is 8. The molecule has 49 heavy (non-hydrogen) atoms. The van der Waals surface area contributed by atoms with Crippen molar-refractivity contribution < 1.29 is 23.8 Å². The molecule has 3 N–H and O–H groups in total. The molecule has 4 aromatic rings. The number of hydrogen-bond donors (Lipinski definition) is 3. The van der Waals surface area contributed by atoms with Crippen LogP contribution in [0.2, 0.25) is 0 Å². The second-order valence-electron chi connectivity index (χ2n) is 12.8. The maximum atomic E-state index is 13.5. The Morgan fingerprint density at radius 2 is 1.76 bits per heavy atom. The Morgan fingerprint density at radius 1 is 0.980 bits per heavy atom. The maximum absolute atomic E-state index is 13.5. The molecule has 11 nitrogen and oxygen atoms in total. The first kappa shape index (κ1) is 35.3. The molecule has 1 unspecified atom stereocenters. The lowest BCUT2D eigenvalue weighted by Crippen LogP contribution is -2.26. The summed E-state index contributed by atoms with van der Waals surface area (Å²) in [5, 5.41) is 9.33. The van der Waals surface area contributed by atoms with Crippen LogP contribution in [0.3, 0.4) is 0 Å². The van der Waals surface area contributed by atoms with E-state index in [0.29, 0.717) is 60.2 Å². The molecule has 1 aromatic heterocycles. The van der Waals surface area contributed by atoms with E-state index in [9.17, 15) is 14.4 Å².